The van der Waals surface area contributed by atoms with Crippen molar-refractivity contribution in [2.45, 2.75) is 90.6 Å². The van der Waals surface area contributed by atoms with Gasteiger partial charge in [-0.3, -0.25) is 0 Å². The van der Waals surface area contributed by atoms with Crippen LogP contribution in [-0.2, 0) is 18.9 Å². The molecule has 0 aromatic rings. The van der Waals surface area contributed by atoms with E-state index in [4.69, 9.17) is 18.9 Å². The molecule has 0 N–H and O–H groups in total. The fraction of sp³-hybridized carbons (Fsp3) is 1.00. The molecule has 0 aromatic carbocycles. The Bertz CT molecular complexity index is 279. The maximum atomic E-state index is 6.07. The van der Waals surface area contributed by atoms with Crippen molar-refractivity contribution in [2.24, 2.45) is 0 Å². The maximum absolute atomic E-state index is 6.07. The zero-order valence-electron chi connectivity index (χ0n) is 15.9. The van der Waals surface area contributed by atoms with Gasteiger partial charge in [0.15, 0.2) is 0 Å². The Morgan fingerprint density at radius 3 is 0.773 bits per heavy atom. The first-order valence-corrected chi connectivity index (χ1v) is 8.47. The molecule has 1 rings (SSSR count). The van der Waals surface area contributed by atoms with E-state index in [1.165, 1.54) is 0 Å². The van der Waals surface area contributed by atoms with Gasteiger partial charge in [0.1, 0.15) is 0 Å². The molecule has 22 heavy (non-hydrogen) atoms. The lowest BCUT2D eigenvalue weighted by molar-refractivity contribution is -0.202. The topological polar surface area (TPSA) is 36.9 Å². The van der Waals surface area contributed by atoms with Crippen LogP contribution in [0.25, 0.3) is 0 Å². The Balaban J connectivity index is 2.74. The average Bonchev–Trinajstić information content (AvgIpc) is 2.36. The molecule has 132 valence electrons. The van der Waals surface area contributed by atoms with Crippen molar-refractivity contribution in [3.05, 3.63) is 0 Å². The van der Waals surface area contributed by atoms with E-state index < -0.39 is 0 Å². The molecule has 1 fully saturated rings. The van der Waals surface area contributed by atoms with E-state index in [2.05, 4.69) is 55.4 Å². The van der Waals surface area contributed by atoms with Crippen LogP contribution in [0, 0.1) is 0 Å². The zero-order chi connectivity index (χ0) is 17.1. The van der Waals surface area contributed by atoms with Gasteiger partial charge < -0.3 is 18.9 Å². The van der Waals surface area contributed by atoms with Crippen LogP contribution in [0.5, 0.6) is 0 Å². The fourth-order valence-electron chi connectivity index (χ4n) is 2.12. The predicted molar refractivity (Wildman–Crippen MR) is 89.4 cm³/mol. The van der Waals surface area contributed by atoms with Crippen molar-refractivity contribution in [1.29, 1.82) is 0 Å². The minimum absolute atomic E-state index is 0.341. The van der Waals surface area contributed by atoms with Crippen molar-refractivity contribution in [3.63, 3.8) is 0 Å². The second-order valence-corrected chi connectivity index (χ2v) is 8.14. The van der Waals surface area contributed by atoms with Crippen LogP contribution < -0.4 is 0 Å². The quantitative estimate of drug-likeness (QED) is 0.678. The van der Waals surface area contributed by atoms with Crippen LogP contribution in [0.1, 0.15) is 68.2 Å². The third-order valence-electron chi connectivity index (χ3n) is 5.33. The summed E-state index contributed by atoms with van der Waals surface area (Å²) < 4.78 is 24.3. The van der Waals surface area contributed by atoms with Gasteiger partial charge in [-0.05, 0) is 68.2 Å². The van der Waals surface area contributed by atoms with Gasteiger partial charge in [-0.25, -0.2) is 0 Å². The van der Waals surface area contributed by atoms with Crippen molar-refractivity contribution >= 4 is 0 Å². The molecule has 0 saturated carbocycles. The summed E-state index contributed by atoms with van der Waals surface area (Å²) in [5, 5.41) is 0. The standard InChI is InChI=1S/C18H36O4/c1-15(2)16(3,4)20-12-10-14-22-18(7,8)17(5,6)21-13-9-11-19-15/h9-14H2,1-8H3. The number of rotatable bonds is 0. The van der Waals surface area contributed by atoms with E-state index in [0.29, 0.717) is 26.4 Å². The third kappa shape index (κ3) is 4.92. The first-order valence-electron chi connectivity index (χ1n) is 8.47. The Labute approximate surface area is 136 Å². The molecule has 0 atom stereocenters. The summed E-state index contributed by atoms with van der Waals surface area (Å²) in [5.74, 6) is 0. The molecule has 0 spiro atoms. The maximum Gasteiger partial charge on any atom is 0.0909 e. The molecule has 4 heteroatoms. The van der Waals surface area contributed by atoms with Crippen LogP contribution in [0.2, 0.25) is 0 Å². The van der Waals surface area contributed by atoms with Crippen molar-refractivity contribution in [2.75, 3.05) is 26.4 Å². The molecular weight excluding hydrogens is 280 g/mol. The van der Waals surface area contributed by atoms with Crippen molar-refractivity contribution < 1.29 is 18.9 Å². The minimum Gasteiger partial charge on any atom is -0.373 e. The van der Waals surface area contributed by atoms with Gasteiger partial charge in [0.25, 0.3) is 0 Å². The SMILES string of the molecule is CC1(C)OCCCOC(C)(C)C(C)(C)OCCCOC1(C)C. The Kier molecular flexibility index (Phi) is 6.48. The lowest BCUT2D eigenvalue weighted by atomic mass is 9.88. The molecule has 1 aliphatic rings. The van der Waals surface area contributed by atoms with E-state index >= 15 is 0 Å². The average molecular weight is 316 g/mol. The Hall–Kier alpha value is -0.160. The Morgan fingerprint density at radius 2 is 0.591 bits per heavy atom. The monoisotopic (exact) mass is 316 g/mol. The van der Waals surface area contributed by atoms with Gasteiger partial charge in [-0.15, -0.1) is 0 Å². The van der Waals surface area contributed by atoms with Gasteiger partial charge >= 0.3 is 0 Å². The summed E-state index contributed by atoms with van der Waals surface area (Å²) in [7, 11) is 0. The van der Waals surface area contributed by atoms with E-state index in [9.17, 15) is 0 Å². The molecule has 0 unspecified atom stereocenters. The number of hydrogen-bond donors (Lipinski definition) is 0. The van der Waals surface area contributed by atoms with Gasteiger partial charge in [0.05, 0.1) is 22.4 Å². The van der Waals surface area contributed by atoms with E-state index in [-0.39, 0.29) is 22.4 Å². The summed E-state index contributed by atoms with van der Waals surface area (Å²) in [4.78, 5) is 0. The Morgan fingerprint density at radius 1 is 0.409 bits per heavy atom. The van der Waals surface area contributed by atoms with Gasteiger partial charge in [-0.1, -0.05) is 0 Å². The minimum atomic E-state index is -0.341. The molecule has 1 heterocycles. The first-order chi connectivity index (χ1) is 9.91. The lowest BCUT2D eigenvalue weighted by Crippen LogP contribution is -2.51. The highest BCUT2D eigenvalue weighted by Crippen LogP contribution is 2.32. The fourth-order valence-corrected chi connectivity index (χ4v) is 2.12. The number of ether oxygens (including phenoxy) is 4. The summed E-state index contributed by atoms with van der Waals surface area (Å²) in [6, 6.07) is 0. The van der Waals surface area contributed by atoms with Crippen LogP contribution >= 0.6 is 0 Å². The van der Waals surface area contributed by atoms with E-state index in [1.54, 1.807) is 0 Å². The van der Waals surface area contributed by atoms with Crippen LogP contribution in [0.3, 0.4) is 0 Å². The van der Waals surface area contributed by atoms with Crippen LogP contribution in [0.4, 0.5) is 0 Å². The highest BCUT2D eigenvalue weighted by Gasteiger charge is 2.41. The zero-order valence-corrected chi connectivity index (χ0v) is 15.9. The molecular formula is C18H36O4. The largest absolute Gasteiger partial charge is 0.373 e. The summed E-state index contributed by atoms with van der Waals surface area (Å²) in [6.07, 6.45) is 1.72. The number of hydrogen-bond acceptors (Lipinski definition) is 4. The normalized spacial score (nSPS) is 29.5. The second kappa shape index (κ2) is 7.16. The molecule has 4 nitrogen and oxygen atoms in total. The van der Waals surface area contributed by atoms with E-state index in [1.807, 2.05) is 0 Å². The van der Waals surface area contributed by atoms with Gasteiger partial charge in [-0.2, -0.15) is 0 Å². The van der Waals surface area contributed by atoms with Gasteiger partial charge in [0.2, 0.25) is 0 Å². The lowest BCUT2D eigenvalue weighted by Gasteiger charge is -2.43. The van der Waals surface area contributed by atoms with Crippen molar-refractivity contribution in [3.8, 4) is 0 Å². The van der Waals surface area contributed by atoms with Crippen LogP contribution in [0.15, 0.2) is 0 Å². The summed E-state index contributed by atoms with van der Waals surface area (Å²) in [6.45, 7) is 19.3. The smallest absolute Gasteiger partial charge is 0.0909 e. The molecule has 0 radical (unpaired) electrons. The first kappa shape index (κ1) is 19.9. The third-order valence-corrected chi connectivity index (χ3v) is 5.33. The molecule has 0 amide bonds. The van der Waals surface area contributed by atoms with Crippen molar-refractivity contribution in [1.82, 2.24) is 0 Å². The molecule has 0 aromatic heterocycles. The predicted octanol–water partition coefficient (Wildman–Crippen LogP) is 3.96. The molecule has 1 aliphatic heterocycles. The molecule has 0 bridgehead atoms. The highest BCUT2D eigenvalue weighted by molar-refractivity contribution is 4.91. The second-order valence-electron chi connectivity index (χ2n) is 8.14. The van der Waals surface area contributed by atoms with Crippen LogP contribution in [-0.4, -0.2) is 48.8 Å². The molecule has 1 saturated heterocycles. The highest BCUT2D eigenvalue weighted by atomic mass is 16.6. The van der Waals surface area contributed by atoms with Gasteiger partial charge in [0, 0.05) is 26.4 Å². The summed E-state index contributed by atoms with van der Waals surface area (Å²) in [5.41, 5.74) is -1.36. The molecule has 0 aliphatic carbocycles. The summed E-state index contributed by atoms with van der Waals surface area (Å²) >= 11 is 0. The van der Waals surface area contributed by atoms with E-state index in [0.717, 1.165) is 12.8 Å².